The maximum absolute atomic E-state index is 13.5. The Kier molecular flexibility index (Phi) is 7.46. The summed E-state index contributed by atoms with van der Waals surface area (Å²) in [7, 11) is -3.45. The standard InChI is InChI=1S/C26H31NO2S/c1-21(2)26(22(3)30(28,29)25-17-11-6-12-18-25)27(19-23-13-7-4-8-14-23)20-24-15-9-5-10-16-24/h4-18,21-22,26H,19-20H2,1-3H3/t22-,26-/m1/s1. The van der Waals surface area contributed by atoms with Crippen LogP contribution in [0.15, 0.2) is 95.9 Å². The molecule has 30 heavy (non-hydrogen) atoms. The van der Waals surface area contributed by atoms with E-state index in [4.69, 9.17) is 0 Å². The van der Waals surface area contributed by atoms with Gasteiger partial charge in [0.2, 0.25) is 0 Å². The van der Waals surface area contributed by atoms with Crippen molar-refractivity contribution in [3.63, 3.8) is 0 Å². The lowest BCUT2D eigenvalue weighted by Gasteiger charge is -2.38. The van der Waals surface area contributed by atoms with Crippen LogP contribution in [0.1, 0.15) is 31.9 Å². The van der Waals surface area contributed by atoms with Crippen molar-refractivity contribution in [1.82, 2.24) is 4.90 Å². The SMILES string of the molecule is CC(C)[C@H]([C@@H](C)S(=O)(=O)c1ccccc1)N(Cc1ccccc1)Cc1ccccc1. The van der Waals surface area contributed by atoms with E-state index in [1.54, 1.807) is 24.3 Å². The van der Waals surface area contributed by atoms with Crippen molar-refractivity contribution in [2.45, 2.75) is 50.0 Å². The van der Waals surface area contributed by atoms with Gasteiger partial charge in [-0.15, -0.1) is 0 Å². The minimum absolute atomic E-state index is 0.129. The van der Waals surface area contributed by atoms with E-state index in [1.807, 2.05) is 49.4 Å². The molecule has 0 N–H and O–H groups in total. The third-order valence-corrected chi connectivity index (χ3v) is 7.79. The largest absolute Gasteiger partial charge is 0.290 e. The molecule has 2 atom stereocenters. The Labute approximate surface area is 181 Å². The minimum atomic E-state index is -3.45. The summed E-state index contributed by atoms with van der Waals surface area (Å²) >= 11 is 0. The normalized spacial score (nSPS) is 14.0. The number of rotatable bonds is 9. The molecule has 0 heterocycles. The van der Waals surface area contributed by atoms with Crippen molar-refractivity contribution >= 4 is 9.84 Å². The van der Waals surface area contributed by atoms with Gasteiger partial charge < -0.3 is 0 Å². The fraction of sp³-hybridized carbons (Fsp3) is 0.308. The van der Waals surface area contributed by atoms with Crippen molar-refractivity contribution in [2.75, 3.05) is 0 Å². The van der Waals surface area contributed by atoms with Gasteiger partial charge >= 0.3 is 0 Å². The molecule has 0 radical (unpaired) electrons. The maximum Gasteiger partial charge on any atom is 0.182 e. The van der Waals surface area contributed by atoms with E-state index in [9.17, 15) is 8.42 Å². The van der Waals surface area contributed by atoms with Gasteiger partial charge in [-0.25, -0.2) is 8.42 Å². The van der Waals surface area contributed by atoms with Gasteiger partial charge in [-0.3, -0.25) is 4.90 Å². The number of nitrogens with zero attached hydrogens (tertiary/aromatic N) is 1. The van der Waals surface area contributed by atoms with Gasteiger partial charge in [-0.05, 0) is 36.1 Å². The second-order valence-electron chi connectivity index (χ2n) is 8.17. The van der Waals surface area contributed by atoms with Crippen LogP contribution in [0, 0.1) is 5.92 Å². The Morgan fingerprint density at radius 3 is 1.47 bits per heavy atom. The van der Waals surface area contributed by atoms with Crippen molar-refractivity contribution in [3.8, 4) is 0 Å². The van der Waals surface area contributed by atoms with Crippen molar-refractivity contribution in [3.05, 3.63) is 102 Å². The monoisotopic (exact) mass is 421 g/mol. The Morgan fingerprint density at radius 2 is 1.07 bits per heavy atom. The fourth-order valence-electron chi connectivity index (χ4n) is 4.17. The Hall–Kier alpha value is -2.43. The maximum atomic E-state index is 13.5. The topological polar surface area (TPSA) is 37.4 Å². The molecule has 0 fully saturated rings. The highest BCUT2D eigenvalue weighted by Crippen LogP contribution is 2.28. The van der Waals surface area contributed by atoms with Gasteiger partial charge in [-0.2, -0.15) is 0 Å². The summed E-state index contributed by atoms with van der Waals surface area (Å²) < 4.78 is 26.9. The van der Waals surface area contributed by atoms with Gasteiger partial charge in [0.15, 0.2) is 9.84 Å². The van der Waals surface area contributed by atoms with Crippen molar-refractivity contribution in [1.29, 1.82) is 0 Å². The van der Waals surface area contributed by atoms with Crippen LogP contribution in [0.25, 0.3) is 0 Å². The van der Waals surface area contributed by atoms with E-state index in [0.717, 1.165) is 0 Å². The highest BCUT2D eigenvalue weighted by atomic mass is 32.2. The molecule has 0 aromatic heterocycles. The van der Waals surface area contributed by atoms with E-state index in [-0.39, 0.29) is 12.0 Å². The molecular weight excluding hydrogens is 390 g/mol. The minimum Gasteiger partial charge on any atom is -0.290 e. The van der Waals surface area contributed by atoms with E-state index < -0.39 is 15.1 Å². The molecule has 0 aliphatic rings. The summed E-state index contributed by atoms with van der Waals surface area (Å²) in [5.41, 5.74) is 2.37. The Bertz CT molecular complexity index is 961. The van der Waals surface area contributed by atoms with Crippen LogP contribution in [0.4, 0.5) is 0 Å². The molecule has 0 aliphatic carbocycles. The van der Waals surface area contributed by atoms with Gasteiger partial charge in [0, 0.05) is 19.1 Å². The molecule has 3 rings (SSSR count). The number of benzene rings is 3. The summed E-state index contributed by atoms with van der Waals surface area (Å²) in [5.74, 6) is 0.172. The quantitative estimate of drug-likeness (QED) is 0.453. The summed E-state index contributed by atoms with van der Waals surface area (Å²) in [6, 6.07) is 29.2. The summed E-state index contributed by atoms with van der Waals surface area (Å²) in [5, 5.41) is -0.535. The molecule has 0 unspecified atom stereocenters. The Morgan fingerprint density at radius 1 is 0.667 bits per heavy atom. The zero-order chi connectivity index (χ0) is 21.6. The summed E-state index contributed by atoms with van der Waals surface area (Å²) in [4.78, 5) is 2.71. The van der Waals surface area contributed by atoms with E-state index in [0.29, 0.717) is 18.0 Å². The van der Waals surface area contributed by atoms with Crippen LogP contribution in [-0.4, -0.2) is 24.6 Å². The van der Waals surface area contributed by atoms with Gasteiger partial charge in [0.05, 0.1) is 10.1 Å². The summed E-state index contributed by atoms with van der Waals surface area (Å²) in [6.07, 6.45) is 0. The first kappa shape index (κ1) is 22.3. The first-order valence-electron chi connectivity index (χ1n) is 10.5. The molecule has 4 heteroatoms. The number of hydrogen-bond donors (Lipinski definition) is 0. The third-order valence-electron chi connectivity index (χ3n) is 5.60. The number of sulfone groups is 1. The Balaban J connectivity index is 1.98. The number of hydrogen-bond acceptors (Lipinski definition) is 3. The molecule has 3 nitrogen and oxygen atoms in total. The average Bonchev–Trinajstić information content (AvgIpc) is 2.75. The predicted octanol–water partition coefficient (Wildman–Crippen LogP) is 5.58. The molecular formula is C26H31NO2S. The molecule has 0 saturated carbocycles. The van der Waals surface area contributed by atoms with Crippen molar-refractivity contribution in [2.24, 2.45) is 5.92 Å². The summed E-state index contributed by atoms with van der Waals surface area (Å²) in [6.45, 7) is 7.49. The second-order valence-corrected chi connectivity index (χ2v) is 10.5. The lowest BCUT2D eigenvalue weighted by Crippen LogP contribution is -2.48. The van der Waals surface area contributed by atoms with E-state index in [2.05, 4.69) is 43.0 Å². The van der Waals surface area contributed by atoms with Crippen molar-refractivity contribution < 1.29 is 8.42 Å². The van der Waals surface area contributed by atoms with Gasteiger partial charge in [0.25, 0.3) is 0 Å². The van der Waals surface area contributed by atoms with E-state index >= 15 is 0 Å². The van der Waals surface area contributed by atoms with Gasteiger partial charge in [-0.1, -0.05) is 92.7 Å². The van der Waals surface area contributed by atoms with Crippen LogP contribution < -0.4 is 0 Å². The average molecular weight is 422 g/mol. The highest BCUT2D eigenvalue weighted by Gasteiger charge is 2.36. The second kappa shape index (κ2) is 10.1. The lowest BCUT2D eigenvalue weighted by atomic mass is 9.97. The molecule has 158 valence electrons. The van der Waals surface area contributed by atoms with Crippen LogP contribution in [0.2, 0.25) is 0 Å². The van der Waals surface area contributed by atoms with Crippen LogP contribution in [0.3, 0.4) is 0 Å². The first-order chi connectivity index (χ1) is 14.4. The molecule has 0 amide bonds. The van der Waals surface area contributed by atoms with E-state index in [1.165, 1.54) is 11.1 Å². The van der Waals surface area contributed by atoms with Gasteiger partial charge in [0.1, 0.15) is 0 Å². The fourth-order valence-corrected chi connectivity index (χ4v) is 5.99. The molecule has 0 aliphatic heterocycles. The van der Waals surface area contributed by atoms with Crippen LogP contribution in [-0.2, 0) is 22.9 Å². The molecule has 0 spiro atoms. The van der Waals surface area contributed by atoms with Crippen LogP contribution in [0.5, 0.6) is 0 Å². The molecule has 0 saturated heterocycles. The van der Waals surface area contributed by atoms with Crippen LogP contribution >= 0.6 is 0 Å². The third kappa shape index (κ3) is 5.38. The highest BCUT2D eigenvalue weighted by molar-refractivity contribution is 7.92. The zero-order valence-corrected chi connectivity index (χ0v) is 18.8. The molecule has 3 aromatic carbocycles. The molecule has 0 bridgehead atoms. The zero-order valence-electron chi connectivity index (χ0n) is 18.0. The molecule has 3 aromatic rings. The smallest absolute Gasteiger partial charge is 0.182 e. The predicted molar refractivity (Wildman–Crippen MR) is 124 cm³/mol. The lowest BCUT2D eigenvalue weighted by molar-refractivity contribution is 0.135. The first-order valence-corrected chi connectivity index (χ1v) is 12.0.